The molecular weight excluding hydrogens is 450 g/mol. The third-order valence-electron chi connectivity index (χ3n) is 5.63. The molecule has 1 aliphatic heterocycles. The summed E-state index contributed by atoms with van der Waals surface area (Å²) < 4.78 is 5.50. The van der Waals surface area contributed by atoms with E-state index in [0.29, 0.717) is 10.7 Å². The van der Waals surface area contributed by atoms with Gasteiger partial charge in [0.2, 0.25) is 10.9 Å². The summed E-state index contributed by atoms with van der Waals surface area (Å²) in [4.78, 5) is 27.0. The number of carbonyl (C=O) groups is 2. The second-order valence-electron chi connectivity index (χ2n) is 8.42. The fourth-order valence-electron chi connectivity index (χ4n) is 3.80. The molecule has 2 heterocycles. The van der Waals surface area contributed by atoms with Crippen LogP contribution in [-0.2, 0) is 22.7 Å². The maximum atomic E-state index is 12.3. The molecule has 0 unspecified atom stereocenters. The van der Waals surface area contributed by atoms with E-state index in [9.17, 15) is 9.59 Å². The van der Waals surface area contributed by atoms with Crippen LogP contribution < -0.4 is 10.6 Å². The number of benzene rings is 2. The number of rotatable bonds is 9. The van der Waals surface area contributed by atoms with Crippen molar-refractivity contribution in [1.82, 2.24) is 20.4 Å². The number of aromatic nitrogens is 2. The fourth-order valence-corrected chi connectivity index (χ4v) is 4.48. The van der Waals surface area contributed by atoms with Gasteiger partial charge in [-0.05, 0) is 37.5 Å². The maximum Gasteiger partial charge on any atom is 0.286 e. The second kappa shape index (κ2) is 11.8. The van der Waals surface area contributed by atoms with Crippen LogP contribution in [0.1, 0.15) is 38.8 Å². The van der Waals surface area contributed by atoms with E-state index in [2.05, 4.69) is 50.0 Å². The van der Waals surface area contributed by atoms with Gasteiger partial charge in [0.05, 0.1) is 0 Å². The van der Waals surface area contributed by atoms with Crippen molar-refractivity contribution in [3.05, 3.63) is 75.7 Å². The van der Waals surface area contributed by atoms with Gasteiger partial charge in [-0.25, -0.2) is 0 Å². The minimum Gasteiger partial charge on any atom is -0.364 e. The number of nitrogens with zero attached hydrogens (tertiary/aromatic N) is 3. The molecule has 0 atom stereocenters. The highest BCUT2D eigenvalue weighted by molar-refractivity contribution is 7.13. The summed E-state index contributed by atoms with van der Waals surface area (Å²) in [5.74, 6) is -0.452. The Morgan fingerprint density at radius 1 is 1.06 bits per heavy atom. The SMILES string of the molecule is Cc1ccc(NC(=O)c2nnc(COCC(=O)NC3CCN(Cc4ccccc4)CC3)s2)cc1. The largest absolute Gasteiger partial charge is 0.364 e. The molecule has 0 spiro atoms. The Bertz CT molecular complexity index is 1080. The van der Waals surface area contributed by atoms with Crippen LogP contribution in [0.2, 0.25) is 0 Å². The zero-order valence-electron chi connectivity index (χ0n) is 19.2. The van der Waals surface area contributed by atoms with Gasteiger partial charge in [0, 0.05) is 31.4 Å². The van der Waals surface area contributed by atoms with Crippen LogP contribution >= 0.6 is 11.3 Å². The molecule has 9 heteroatoms. The highest BCUT2D eigenvalue weighted by atomic mass is 32.1. The monoisotopic (exact) mass is 479 g/mol. The first kappa shape index (κ1) is 24.0. The summed E-state index contributed by atoms with van der Waals surface area (Å²) in [6.45, 7) is 4.93. The number of ether oxygens (including phenoxy) is 1. The highest BCUT2D eigenvalue weighted by Gasteiger charge is 2.21. The molecule has 0 radical (unpaired) electrons. The lowest BCUT2D eigenvalue weighted by Crippen LogP contribution is -2.45. The topological polar surface area (TPSA) is 96.5 Å². The zero-order valence-corrected chi connectivity index (χ0v) is 20.0. The molecule has 1 saturated heterocycles. The molecule has 1 fully saturated rings. The number of amides is 2. The van der Waals surface area contributed by atoms with E-state index in [0.717, 1.165) is 49.4 Å². The number of piperidine rings is 1. The van der Waals surface area contributed by atoms with Crippen LogP contribution in [0.5, 0.6) is 0 Å². The molecule has 2 amide bonds. The van der Waals surface area contributed by atoms with Gasteiger partial charge in [-0.15, -0.1) is 10.2 Å². The van der Waals surface area contributed by atoms with E-state index < -0.39 is 0 Å². The maximum absolute atomic E-state index is 12.3. The van der Waals surface area contributed by atoms with Crippen molar-refractivity contribution in [2.24, 2.45) is 0 Å². The number of anilines is 1. The average molecular weight is 480 g/mol. The van der Waals surface area contributed by atoms with Gasteiger partial charge in [-0.3, -0.25) is 14.5 Å². The van der Waals surface area contributed by atoms with Crippen LogP contribution in [0, 0.1) is 6.92 Å². The number of carbonyl (C=O) groups excluding carboxylic acids is 2. The predicted octanol–water partition coefficient (Wildman–Crippen LogP) is 3.40. The Balaban J connectivity index is 1.13. The van der Waals surface area contributed by atoms with Crippen molar-refractivity contribution in [3.63, 3.8) is 0 Å². The van der Waals surface area contributed by atoms with E-state index >= 15 is 0 Å². The molecule has 34 heavy (non-hydrogen) atoms. The molecule has 178 valence electrons. The molecule has 1 aromatic heterocycles. The first-order valence-electron chi connectivity index (χ1n) is 11.4. The number of hydrogen-bond acceptors (Lipinski definition) is 7. The first-order valence-corrected chi connectivity index (χ1v) is 12.2. The van der Waals surface area contributed by atoms with E-state index in [-0.39, 0.29) is 36.1 Å². The molecule has 1 aliphatic rings. The van der Waals surface area contributed by atoms with Crippen molar-refractivity contribution in [2.75, 3.05) is 25.0 Å². The molecule has 2 N–H and O–H groups in total. The Labute approximate surface area is 203 Å². The molecule has 0 bridgehead atoms. The smallest absolute Gasteiger partial charge is 0.286 e. The second-order valence-corrected chi connectivity index (χ2v) is 9.48. The molecule has 8 nitrogen and oxygen atoms in total. The molecule has 4 rings (SSSR count). The Morgan fingerprint density at radius 3 is 2.53 bits per heavy atom. The van der Waals surface area contributed by atoms with Crippen molar-refractivity contribution >= 4 is 28.8 Å². The van der Waals surface area contributed by atoms with E-state index in [1.807, 2.05) is 37.3 Å². The van der Waals surface area contributed by atoms with Crippen LogP contribution in [-0.4, -0.2) is 52.6 Å². The summed E-state index contributed by atoms with van der Waals surface area (Å²) in [7, 11) is 0. The van der Waals surface area contributed by atoms with Crippen LogP contribution in [0.4, 0.5) is 5.69 Å². The van der Waals surface area contributed by atoms with Crippen molar-refractivity contribution < 1.29 is 14.3 Å². The Hall–Kier alpha value is -3.14. The lowest BCUT2D eigenvalue weighted by Gasteiger charge is -2.32. The fraction of sp³-hybridized carbons (Fsp3) is 0.360. The minimum atomic E-state index is -0.316. The van der Waals surface area contributed by atoms with Gasteiger partial charge in [-0.2, -0.15) is 0 Å². The Kier molecular flexibility index (Phi) is 8.35. The van der Waals surface area contributed by atoms with Crippen LogP contribution in [0.25, 0.3) is 0 Å². The third-order valence-corrected chi connectivity index (χ3v) is 6.53. The number of likely N-dealkylation sites (tertiary alicyclic amines) is 1. The molecule has 0 aliphatic carbocycles. The van der Waals surface area contributed by atoms with E-state index in [1.54, 1.807) is 0 Å². The lowest BCUT2D eigenvalue weighted by molar-refractivity contribution is -0.127. The van der Waals surface area contributed by atoms with Gasteiger partial charge in [-0.1, -0.05) is 59.4 Å². The molecular formula is C25H29N5O3S. The first-order chi connectivity index (χ1) is 16.5. The summed E-state index contributed by atoms with van der Waals surface area (Å²) in [5, 5.41) is 14.6. The van der Waals surface area contributed by atoms with Crippen molar-refractivity contribution in [3.8, 4) is 0 Å². The summed E-state index contributed by atoms with van der Waals surface area (Å²) in [6.07, 6.45) is 1.85. The number of nitrogens with one attached hydrogen (secondary N) is 2. The Morgan fingerprint density at radius 2 is 1.79 bits per heavy atom. The van der Waals surface area contributed by atoms with Crippen LogP contribution in [0.3, 0.4) is 0 Å². The van der Waals surface area contributed by atoms with Gasteiger partial charge < -0.3 is 15.4 Å². The number of aryl methyl sites for hydroxylation is 1. The summed E-state index contributed by atoms with van der Waals surface area (Å²) >= 11 is 1.16. The molecule has 0 saturated carbocycles. The molecule has 3 aromatic rings. The third kappa shape index (κ3) is 7.18. The quantitative estimate of drug-likeness (QED) is 0.488. The van der Waals surface area contributed by atoms with E-state index in [1.165, 1.54) is 5.56 Å². The van der Waals surface area contributed by atoms with Gasteiger partial charge in [0.25, 0.3) is 5.91 Å². The minimum absolute atomic E-state index is 0.0469. The highest BCUT2D eigenvalue weighted by Crippen LogP contribution is 2.16. The van der Waals surface area contributed by atoms with Gasteiger partial charge in [0.15, 0.2) is 0 Å². The average Bonchev–Trinajstić information content (AvgIpc) is 3.32. The standard InChI is InChI=1S/C25H29N5O3S/c1-18-7-9-20(10-8-18)27-24(32)25-29-28-23(34-25)17-33-16-22(31)26-21-11-13-30(14-12-21)15-19-5-3-2-4-6-19/h2-10,21H,11-17H2,1H3,(H,26,31)(H,27,32). The summed E-state index contributed by atoms with van der Waals surface area (Å²) in [6, 6.07) is 18.1. The number of hydrogen-bond donors (Lipinski definition) is 2. The normalized spacial score (nSPS) is 14.6. The lowest BCUT2D eigenvalue weighted by atomic mass is 10.0. The van der Waals surface area contributed by atoms with Crippen molar-refractivity contribution in [2.45, 2.75) is 39.0 Å². The summed E-state index contributed by atoms with van der Waals surface area (Å²) in [5.41, 5.74) is 3.13. The zero-order chi connectivity index (χ0) is 23.8. The van der Waals surface area contributed by atoms with Crippen LogP contribution in [0.15, 0.2) is 54.6 Å². The predicted molar refractivity (Wildman–Crippen MR) is 132 cm³/mol. The van der Waals surface area contributed by atoms with Crippen molar-refractivity contribution in [1.29, 1.82) is 0 Å². The molecule has 2 aromatic carbocycles. The van der Waals surface area contributed by atoms with E-state index in [4.69, 9.17) is 4.74 Å². The van der Waals surface area contributed by atoms with Gasteiger partial charge >= 0.3 is 0 Å². The van der Waals surface area contributed by atoms with Gasteiger partial charge in [0.1, 0.15) is 18.2 Å².